The highest BCUT2D eigenvalue weighted by molar-refractivity contribution is 5.74. The number of carboxylic acids is 1. The van der Waals surface area contributed by atoms with E-state index in [9.17, 15) is 9.59 Å². The molecule has 0 spiro atoms. The van der Waals surface area contributed by atoms with Crippen LogP contribution in [0.15, 0.2) is 0 Å². The molecule has 0 bridgehead atoms. The molecule has 1 saturated heterocycles. The second kappa shape index (κ2) is 7.17. The highest BCUT2D eigenvalue weighted by Gasteiger charge is 2.26. The van der Waals surface area contributed by atoms with Crippen molar-refractivity contribution in [3.05, 3.63) is 0 Å². The molecule has 1 aliphatic rings. The van der Waals surface area contributed by atoms with Gasteiger partial charge in [0.1, 0.15) is 0 Å². The Morgan fingerprint density at radius 2 is 2.22 bits per heavy atom. The van der Waals surface area contributed by atoms with E-state index in [-0.39, 0.29) is 25.1 Å². The maximum absolute atomic E-state index is 11.8. The van der Waals surface area contributed by atoms with E-state index in [1.165, 1.54) is 7.11 Å². The lowest BCUT2D eigenvalue weighted by atomic mass is 10.2. The Balaban J connectivity index is 2.29. The fraction of sp³-hybridized carbons (Fsp3) is 0.818. The molecule has 1 aliphatic heterocycles. The molecule has 2 amide bonds. The van der Waals surface area contributed by atoms with E-state index in [2.05, 4.69) is 5.32 Å². The zero-order chi connectivity index (χ0) is 13.5. The third kappa shape index (κ3) is 4.50. The summed E-state index contributed by atoms with van der Waals surface area (Å²) in [6.45, 7) is 1.41. The highest BCUT2D eigenvalue weighted by atomic mass is 16.5. The van der Waals surface area contributed by atoms with Crippen molar-refractivity contribution in [2.24, 2.45) is 0 Å². The van der Waals surface area contributed by atoms with E-state index >= 15 is 0 Å². The van der Waals surface area contributed by atoms with Crippen molar-refractivity contribution < 1.29 is 24.2 Å². The highest BCUT2D eigenvalue weighted by Crippen LogP contribution is 2.11. The van der Waals surface area contributed by atoms with Crippen molar-refractivity contribution in [3.8, 4) is 0 Å². The van der Waals surface area contributed by atoms with Gasteiger partial charge in [-0.3, -0.25) is 4.79 Å². The number of methoxy groups -OCH3 is 2. The fourth-order valence-electron chi connectivity index (χ4n) is 1.85. The SMILES string of the molecule is COC(CNC(=O)N1CCC(OC)C1)CC(=O)O. The first-order valence-electron chi connectivity index (χ1n) is 5.87. The Hall–Kier alpha value is -1.34. The number of ether oxygens (including phenoxy) is 2. The first kappa shape index (κ1) is 14.7. The van der Waals surface area contributed by atoms with Gasteiger partial charge in [-0.2, -0.15) is 0 Å². The summed E-state index contributed by atoms with van der Waals surface area (Å²) in [6, 6.07) is -0.206. The number of hydrogen-bond donors (Lipinski definition) is 2. The molecule has 1 rings (SSSR count). The van der Waals surface area contributed by atoms with Gasteiger partial charge in [0.2, 0.25) is 0 Å². The fourth-order valence-corrected chi connectivity index (χ4v) is 1.85. The molecule has 0 saturated carbocycles. The van der Waals surface area contributed by atoms with Crippen molar-refractivity contribution in [3.63, 3.8) is 0 Å². The standard InChI is InChI=1S/C11H20N2O5/c1-17-8-3-4-13(7-8)11(16)12-6-9(18-2)5-10(14)15/h8-9H,3-7H2,1-2H3,(H,12,16)(H,14,15). The van der Waals surface area contributed by atoms with Crippen LogP contribution in [0.25, 0.3) is 0 Å². The van der Waals surface area contributed by atoms with Crippen LogP contribution in [0.2, 0.25) is 0 Å². The topological polar surface area (TPSA) is 88.1 Å². The largest absolute Gasteiger partial charge is 0.481 e. The number of rotatable bonds is 6. The van der Waals surface area contributed by atoms with E-state index in [0.717, 1.165) is 6.42 Å². The number of carbonyl (C=O) groups excluding carboxylic acids is 1. The summed E-state index contributed by atoms with van der Waals surface area (Å²) in [6.07, 6.45) is 0.282. The first-order valence-corrected chi connectivity index (χ1v) is 5.87. The number of urea groups is 1. The third-order valence-electron chi connectivity index (χ3n) is 2.98. The minimum Gasteiger partial charge on any atom is -0.481 e. The Bertz CT molecular complexity index is 297. The molecule has 0 radical (unpaired) electrons. The molecule has 7 nitrogen and oxygen atoms in total. The van der Waals surface area contributed by atoms with Gasteiger partial charge in [-0.15, -0.1) is 0 Å². The van der Waals surface area contributed by atoms with Crippen LogP contribution in [-0.2, 0) is 14.3 Å². The summed E-state index contributed by atoms with van der Waals surface area (Å²) in [4.78, 5) is 24.0. The van der Waals surface area contributed by atoms with Gasteiger partial charge in [0.05, 0.1) is 18.6 Å². The van der Waals surface area contributed by atoms with Crippen molar-refractivity contribution in [1.29, 1.82) is 0 Å². The first-order chi connectivity index (χ1) is 8.56. The molecule has 2 unspecified atom stereocenters. The zero-order valence-corrected chi connectivity index (χ0v) is 10.7. The van der Waals surface area contributed by atoms with Crippen LogP contribution in [0.5, 0.6) is 0 Å². The Morgan fingerprint density at radius 3 is 2.72 bits per heavy atom. The van der Waals surface area contributed by atoms with E-state index in [0.29, 0.717) is 13.1 Å². The molecule has 18 heavy (non-hydrogen) atoms. The van der Waals surface area contributed by atoms with E-state index in [4.69, 9.17) is 14.6 Å². The molecule has 0 aromatic rings. The Labute approximate surface area is 106 Å². The van der Waals surface area contributed by atoms with Gasteiger partial charge in [0.15, 0.2) is 0 Å². The maximum atomic E-state index is 11.8. The maximum Gasteiger partial charge on any atom is 0.317 e. The summed E-state index contributed by atoms with van der Waals surface area (Å²) in [5.74, 6) is -0.947. The second-order valence-corrected chi connectivity index (χ2v) is 4.23. The predicted molar refractivity (Wildman–Crippen MR) is 63.4 cm³/mol. The molecule has 104 valence electrons. The van der Waals surface area contributed by atoms with Crippen molar-refractivity contribution >= 4 is 12.0 Å². The van der Waals surface area contributed by atoms with Gasteiger partial charge in [-0.1, -0.05) is 0 Å². The smallest absolute Gasteiger partial charge is 0.317 e. The van der Waals surface area contributed by atoms with Crippen LogP contribution in [-0.4, -0.2) is 68.1 Å². The number of likely N-dealkylation sites (tertiary alicyclic amines) is 1. The molecule has 2 N–H and O–H groups in total. The van der Waals surface area contributed by atoms with Crippen LogP contribution in [0.1, 0.15) is 12.8 Å². The lowest BCUT2D eigenvalue weighted by molar-refractivity contribution is -0.139. The zero-order valence-electron chi connectivity index (χ0n) is 10.7. The molecular formula is C11H20N2O5. The second-order valence-electron chi connectivity index (χ2n) is 4.23. The van der Waals surface area contributed by atoms with Gasteiger partial charge >= 0.3 is 12.0 Å². The van der Waals surface area contributed by atoms with Crippen molar-refractivity contribution in [2.75, 3.05) is 33.9 Å². The molecule has 1 fully saturated rings. The molecule has 0 aromatic heterocycles. The van der Waals surface area contributed by atoms with E-state index in [1.807, 2.05) is 0 Å². The minimum absolute atomic E-state index is 0.0907. The van der Waals surface area contributed by atoms with Crippen molar-refractivity contribution in [1.82, 2.24) is 10.2 Å². The molecule has 0 aromatic carbocycles. The summed E-state index contributed by atoms with van der Waals surface area (Å²) in [5.41, 5.74) is 0. The number of nitrogens with zero attached hydrogens (tertiary/aromatic N) is 1. The van der Waals surface area contributed by atoms with Gasteiger partial charge in [0.25, 0.3) is 0 Å². The van der Waals surface area contributed by atoms with Crippen LogP contribution >= 0.6 is 0 Å². The summed E-state index contributed by atoms with van der Waals surface area (Å²) in [7, 11) is 3.05. The minimum atomic E-state index is -0.947. The average molecular weight is 260 g/mol. The van der Waals surface area contributed by atoms with E-state index in [1.54, 1.807) is 12.0 Å². The van der Waals surface area contributed by atoms with Gasteiger partial charge in [-0.25, -0.2) is 4.79 Å². The molecule has 7 heteroatoms. The van der Waals surface area contributed by atoms with Crippen molar-refractivity contribution in [2.45, 2.75) is 25.0 Å². The van der Waals surface area contributed by atoms with Crippen LogP contribution in [0.3, 0.4) is 0 Å². The van der Waals surface area contributed by atoms with Gasteiger partial charge in [0, 0.05) is 33.9 Å². The molecular weight excluding hydrogens is 240 g/mol. The number of nitrogens with one attached hydrogen (secondary N) is 1. The number of amides is 2. The normalized spacial score (nSPS) is 20.8. The summed E-state index contributed by atoms with van der Waals surface area (Å²) < 4.78 is 10.1. The van der Waals surface area contributed by atoms with Gasteiger partial charge in [-0.05, 0) is 6.42 Å². The Kier molecular flexibility index (Phi) is 5.87. The lowest BCUT2D eigenvalue weighted by Crippen LogP contribution is -2.43. The third-order valence-corrected chi connectivity index (χ3v) is 2.98. The molecule has 2 atom stereocenters. The number of carboxylic acid groups (broad SMARTS) is 1. The summed E-state index contributed by atoms with van der Waals surface area (Å²) >= 11 is 0. The summed E-state index contributed by atoms with van der Waals surface area (Å²) in [5, 5.41) is 11.3. The monoisotopic (exact) mass is 260 g/mol. The van der Waals surface area contributed by atoms with Crippen LogP contribution < -0.4 is 5.32 Å². The molecule has 1 heterocycles. The lowest BCUT2D eigenvalue weighted by Gasteiger charge is -2.19. The quantitative estimate of drug-likeness (QED) is 0.696. The van der Waals surface area contributed by atoms with E-state index < -0.39 is 12.1 Å². The molecule has 0 aliphatic carbocycles. The van der Waals surface area contributed by atoms with Crippen LogP contribution in [0.4, 0.5) is 4.79 Å². The Morgan fingerprint density at radius 1 is 1.50 bits per heavy atom. The average Bonchev–Trinajstić information content (AvgIpc) is 2.82. The van der Waals surface area contributed by atoms with Crippen LogP contribution in [0, 0.1) is 0 Å². The predicted octanol–water partition coefficient (Wildman–Crippen LogP) is -0.0936. The van der Waals surface area contributed by atoms with Gasteiger partial charge < -0.3 is 24.8 Å². The number of hydrogen-bond acceptors (Lipinski definition) is 4. The number of aliphatic carboxylic acids is 1. The number of carbonyl (C=O) groups is 2.